The first-order valence-corrected chi connectivity index (χ1v) is 6.24. The fraction of sp³-hybridized carbons (Fsp3) is 1.00. The fourth-order valence-electron chi connectivity index (χ4n) is 0.927. The van der Waals surface area contributed by atoms with Crippen LogP contribution in [0.5, 0.6) is 0 Å². The molecule has 0 amide bonds. The van der Waals surface area contributed by atoms with Crippen LogP contribution in [-0.4, -0.2) is 31.6 Å². The molecule has 0 fully saturated rings. The van der Waals surface area contributed by atoms with Crippen molar-refractivity contribution in [2.24, 2.45) is 5.92 Å². The minimum atomic E-state index is -3.04. The zero-order chi connectivity index (χ0) is 10.6. The molecule has 0 radical (unpaired) electrons. The van der Waals surface area contributed by atoms with Gasteiger partial charge in [-0.15, -0.1) is 0 Å². The SMILES string of the molecule is CC(C)CCN(C)S(=O)(=O)C(C)C. The van der Waals surface area contributed by atoms with Crippen molar-refractivity contribution < 1.29 is 8.42 Å². The molecule has 0 N–H and O–H groups in total. The molecule has 0 rings (SSSR count). The molecule has 13 heavy (non-hydrogen) atoms. The molecular formula is C9H21NO2S. The third-order valence-electron chi connectivity index (χ3n) is 2.05. The summed E-state index contributed by atoms with van der Waals surface area (Å²) in [6.07, 6.45) is 0.919. The number of hydrogen-bond acceptors (Lipinski definition) is 2. The van der Waals surface area contributed by atoms with E-state index in [1.807, 2.05) is 0 Å². The Morgan fingerprint density at radius 3 is 1.92 bits per heavy atom. The second kappa shape index (κ2) is 4.96. The monoisotopic (exact) mass is 207 g/mol. The molecule has 0 unspecified atom stereocenters. The largest absolute Gasteiger partial charge is 0.216 e. The molecule has 3 nitrogen and oxygen atoms in total. The van der Waals surface area contributed by atoms with Gasteiger partial charge >= 0.3 is 0 Å². The van der Waals surface area contributed by atoms with Crippen molar-refractivity contribution in [3.8, 4) is 0 Å². The van der Waals surface area contributed by atoms with E-state index in [0.29, 0.717) is 12.5 Å². The van der Waals surface area contributed by atoms with Crippen molar-refractivity contribution in [2.45, 2.75) is 39.4 Å². The van der Waals surface area contributed by atoms with E-state index in [-0.39, 0.29) is 5.25 Å². The van der Waals surface area contributed by atoms with Crippen molar-refractivity contribution >= 4 is 10.0 Å². The Bertz CT molecular complexity index is 232. The Morgan fingerprint density at radius 2 is 1.62 bits per heavy atom. The summed E-state index contributed by atoms with van der Waals surface area (Å²) in [7, 11) is -1.39. The lowest BCUT2D eigenvalue weighted by atomic mass is 10.1. The van der Waals surface area contributed by atoms with Crippen LogP contribution in [0.25, 0.3) is 0 Å². The highest BCUT2D eigenvalue weighted by atomic mass is 32.2. The topological polar surface area (TPSA) is 37.4 Å². The van der Waals surface area contributed by atoms with Crippen LogP contribution in [-0.2, 0) is 10.0 Å². The van der Waals surface area contributed by atoms with Crippen molar-refractivity contribution in [2.75, 3.05) is 13.6 Å². The van der Waals surface area contributed by atoms with Gasteiger partial charge in [-0.25, -0.2) is 12.7 Å². The summed E-state index contributed by atoms with van der Waals surface area (Å²) >= 11 is 0. The third-order valence-corrected chi connectivity index (χ3v) is 4.29. The average Bonchev–Trinajstić information content (AvgIpc) is 1.99. The van der Waals surface area contributed by atoms with Crippen LogP contribution in [0.4, 0.5) is 0 Å². The average molecular weight is 207 g/mol. The van der Waals surface area contributed by atoms with Crippen LogP contribution in [0, 0.1) is 5.92 Å². The Balaban J connectivity index is 4.19. The van der Waals surface area contributed by atoms with E-state index in [2.05, 4.69) is 13.8 Å². The van der Waals surface area contributed by atoms with Gasteiger partial charge in [-0.1, -0.05) is 13.8 Å². The van der Waals surface area contributed by atoms with Gasteiger partial charge in [0.15, 0.2) is 0 Å². The maximum Gasteiger partial charge on any atom is 0.216 e. The highest BCUT2D eigenvalue weighted by Gasteiger charge is 2.21. The van der Waals surface area contributed by atoms with Crippen LogP contribution in [0.2, 0.25) is 0 Å². The molecular weight excluding hydrogens is 186 g/mol. The lowest BCUT2D eigenvalue weighted by molar-refractivity contribution is 0.424. The van der Waals surface area contributed by atoms with Gasteiger partial charge < -0.3 is 0 Å². The van der Waals surface area contributed by atoms with E-state index in [9.17, 15) is 8.42 Å². The Labute approximate surface area is 82.2 Å². The molecule has 0 aromatic rings. The lowest BCUT2D eigenvalue weighted by Crippen LogP contribution is -2.34. The molecule has 0 aromatic carbocycles. The van der Waals surface area contributed by atoms with Gasteiger partial charge in [-0.05, 0) is 26.2 Å². The first-order valence-electron chi connectivity index (χ1n) is 4.73. The standard InChI is InChI=1S/C9H21NO2S/c1-8(2)6-7-10(5)13(11,12)9(3)4/h8-9H,6-7H2,1-5H3. The summed E-state index contributed by atoms with van der Waals surface area (Å²) in [6.45, 7) is 8.23. The molecule has 80 valence electrons. The molecule has 0 bridgehead atoms. The second-order valence-electron chi connectivity index (χ2n) is 4.10. The Kier molecular flexibility index (Phi) is 4.92. The van der Waals surface area contributed by atoms with E-state index >= 15 is 0 Å². The van der Waals surface area contributed by atoms with Gasteiger partial charge in [0.05, 0.1) is 5.25 Å². The second-order valence-corrected chi connectivity index (χ2v) is 6.69. The van der Waals surface area contributed by atoms with Gasteiger partial charge in [0.2, 0.25) is 10.0 Å². The van der Waals surface area contributed by atoms with E-state index in [1.165, 1.54) is 4.31 Å². The number of hydrogen-bond donors (Lipinski definition) is 0. The Hall–Kier alpha value is -0.0900. The molecule has 0 aliphatic heterocycles. The molecule has 4 heteroatoms. The van der Waals surface area contributed by atoms with E-state index < -0.39 is 10.0 Å². The molecule has 0 spiro atoms. The van der Waals surface area contributed by atoms with E-state index in [1.54, 1.807) is 20.9 Å². The van der Waals surface area contributed by atoms with Gasteiger partial charge in [0.25, 0.3) is 0 Å². The molecule has 0 heterocycles. The summed E-state index contributed by atoms with van der Waals surface area (Å²) in [6, 6.07) is 0. The maximum atomic E-state index is 11.6. The minimum absolute atomic E-state index is 0.315. The molecule has 0 saturated carbocycles. The normalized spacial score (nSPS) is 13.2. The molecule has 0 aliphatic carbocycles. The smallest absolute Gasteiger partial charge is 0.212 e. The first-order chi connectivity index (χ1) is 5.78. The van der Waals surface area contributed by atoms with Crippen LogP contribution < -0.4 is 0 Å². The zero-order valence-corrected chi connectivity index (χ0v) is 10.1. The summed E-state index contributed by atoms with van der Waals surface area (Å²) in [4.78, 5) is 0. The van der Waals surface area contributed by atoms with Crippen LogP contribution in [0.1, 0.15) is 34.1 Å². The quantitative estimate of drug-likeness (QED) is 0.688. The number of sulfonamides is 1. The van der Waals surface area contributed by atoms with Crippen molar-refractivity contribution in [1.82, 2.24) is 4.31 Å². The van der Waals surface area contributed by atoms with Gasteiger partial charge in [-0.3, -0.25) is 0 Å². The fourth-order valence-corrected chi connectivity index (χ4v) is 2.01. The highest BCUT2D eigenvalue weighted by molar-refractivity contribution is 7.89. The van der Waals surface area contributed by atoms with Crippen molar-refractivity contribution in [3.05, 3.63) is 0 Å². The maximum absolute atomic E-state index is 11.6. The van der Waals surface area contributed by atoms with E-state index in [0.717, 1.165) is 6.42 Å². The summed E-state index contributed by atoms with van der Waals surface area (Å²) in [5.74, 6) is 0.546. The Morgan fingerprint density at radius 1 is 1.15 bits per heavy atom. The van der Waals surface area contributed by atoms with Crippen LogP contribution in [0.3, 0.4) is 0 Å². The molecule has 0 aromatic heterocycles. The highest BCUT2D eigenvalue weighted by Crippen LogP contribution is 2.08. The van der Waals surface area contributed by atoms with Gasteiger partial charge in [0.1, 0.15) is 0 Å². The summed E-state index contributed by atoms with van der Waals surface area (Å²) in [5, 5.41) is -0.315. The van der Waals surface area contributed by atoms with Gasteiger partial charge in [-0.2, -0.15) is 0 Å². The first kappa shape index (κ1) is 12.9. The van der Waals surface area contributed by atoms with Crippen LogP contribution in [0.15, 0.2) is 0 Å². The van der Waals surface area contributed by atoms with Gasteiger partial charge in [0, 0.05) is 13.6 Å². The molecule has 0 saturated heterocycles. The predicted octanol–water partition coefficient (Wildman–Crippen LogP) is 1.70. The molecule has 0 aliphatic rings. The predicted molar refractivity (Wildman–Crippen MR) is 56.1 cm³/mol. The minimum Gasteiger partial charge on any atom is -0.212 e. The van der Waals surface area contributed by atoms with Crippen LogP contribution >= 0.6 is 0 Å². The van der Waals surface area contributed by atoms with E-state index in [4.69, 9.17) is 0 Å². The zero-order valence-electron chi connectivity index (χ0n) is 9.24. The number of rotatable bonds is 5. The number of nitrogens with zero attached hydrogens (tertiary/aromatic N) is 1. The van der Waals surface area contributed by atoms with Crippen molar-refractivity contribution in [3.63, 3.8) is 0 Å². The van der Waals surface area contributed by atoms with Crippen molar-refractivity contribution in [1.29, 1.82) is 0 Å². The third kappa shape index (κ3) is 4.09. The summed E-state index contributed by atoms with van der Waals surface area (Å²) < 4.78 is 24.6. The summed E-state index contributed by atoms with van der Waals surface area (Å²) in [5.41, 5.74) is 0. The molecule has 0 atom stereocenters. The lowest BCUT2D eigenvalue weighted by Gasteiger charge is -2.20.